The molecule has 0 saturated carbocycles. The molecule has 1 heterocycles. The van der Waals surface area contributed by atoms with Crippen LogP contribution in [0.1, 0.15) is 22.4 Å². The standard InChI is InChI=1S/C27H18Cl2F5N3O/c28-19-4-1-3-16(9-19)14-26(24-8-7-20(29)15-35-24,17-10-18(27(32,33)34)12-22(31)11-17)37-25(38)36-23-6-2-5-21(30)13-23/h1-13,15H,14H2,(H2,36,37,38)/t26-/m0/s1. The van der Waals surface area contributed by atoms with Crippen LogP contribution in [-0.2, 0) is 18.1 Å². The number of benzene rings is 3. The molecule has 3 aromatic carbocycles. The van der Waals surface area contributed by atoms with Gasteiger partial charge in [0.15, 0.2) is 0 Å². The van der Waals surface area contributed by atoms with Gasteiger partial charge in [0, 0.05) is 23.3 Å². The molecule has 38 heavy (non-hydrogen) atoms. The smallest absolute Gasteiger partial charge is 0.322 e. The Labute approximate surface area is 224 Å². The van der Waals surface area contributed by atoms with Gasteiger partial charge >= 0.3 is 12.2 Å². The molecule has 0 bridgehead atoms. The lowest BCUT2D eigenvalue weighted by atomic mass is 9.79. The minimum Gasteiger partial charge on any atom is -0.322 e. The molecule has 0 saturated heterocycles. The van der Waals surface area contributed by atoms with Gasteiger partial charge in [-0.2, -0.15) is 13.2 Å². The summed E-state index contributed by atoms with van der Waals surface area (Å²) in [6.45, 7) is 0. The number of nitrogens with one attached hydrogen (secondary N) is 2. The molecule has 1 aromatic heterocycles. The summed E-state index contributed by atoms with van der Waals surface area (Å²) >= 11 is 12.2. The molecule has 0 radical (unpaired) electrons. The lowest BCUT2D eigenvalue weighted by Crippen LogP contribution is -2.50. The molecule has 0 spiro atoms. The number of alkyl halides is 3. The average Bonchev–Trinajstić information content (AvgIpc) is 2.83. The van der Waals surface area contributed by atoms with Crippen molar-refractivity contribution in [3.8, 4) is 0 Å². The van der Waals surface area contributed by atoms with E-state index >= 15 is 0 Å². The topological polar surface area (TPSA) is 54.0 Å². The van der Waals surface area contributed by atoms with Gasteiger partial charge in [-0.05, 0) is 71.8 Å². The Bertz CT molecular complexity index is 1460. The van der Waals surface area contributed by atoms with Gasteiger partial charge < -0.3 is 10.6 Å². The fourth-order valence-electron chi connectivity index (χ4n) is 4.02. The second-order valence-electron chi connectivity index (χ2n) is 8.39. The number of carbonyl (C=O) groups excluding carboxylic acids is 1. The minimum atomic E-state index is -4.88. The fourth-order valence-corrected chi connectivity index (χ4v) is 4.35. The molecule has 196 valence electrons. The molecule has 4 rings (SSSR count). The van der Waals surface area contributed by atoms with Crippen LogP contribution in [0.4, 0.5) is 32.4 Å². The normalized spacial score (nSPS) is 13.0. The van der Waals surface area contributed by atoms with E-state index in [2.05, 4.69) is 15.6 Å². The summed E-state index contributed by atoms with van der Waals surface area (Å²) in [7, 11) is 0. The van der Waals surface area contributed by atoms with Crippen LogP contribution in [0.15, 0.2) is 85.1 Å². The summed E-state index contributed by atoms with van der Waals surface area (Å²) in [6, 6.07) is 15.4. The zero-order valence-electron chi connectivity index (χ0n) is 19.3. The number of hydrogen-bond acceptors (Lipinski definition) is 2. The van der Waals surface area contributed by atoms with E-state index in [4.69, 9.17) is 23.2 Å². The van der Waals surface area contributed by atoms with Crippen molar-refractivity contribution in [2.24, 2.45) is 0 Å². The highest BCUT2D eigenvalue weighted by molar-refractivity contribution is 6.30. The third-order valence-electron chi connectivity index (χ3n) is 5.65. The quantitative estimate of drug-likeness (QED) is 0.233. The Morgan fingerprint density at radius 3 is 2.21 bits per heavy atom. The number of nitrogens with zero attached hydrogens (tertiary/aromatic N) is 1. The summed E-state index contributed by atoms with van der Waals surface area (Å²) in [5, 5.41) is 5.69. The van der Waals surface area contributed by atoms with Crippen LogP contribution in [0.2, 0.25) is 10.0 Å². The number of pyridine rings is 1. The van der Waals surface area contributed by atoms with E-state index < -0.39 is 34.9 Å². The number of amides is 2. The van der Waals surface area contributed by atoms with E-state index in [0.717, 1.165) is 18.2 Å². The number of aromatic nitrogens is 1. The summed E-state index contributed by atoms with van der Waals surface area (Å²) in [6.07, 6.45) is -3.81. The first-order valence-electron chi connectivity index (χ1n) is 11.0. The second-order valence-corrected chi connectivity index (χ2v) is 9.26. The van der Waals surface area contributed by atoms with Gasteiger partial charge in [0.2, 0.25) is 0 Å². The van der Waals surface area contributed by atoms with Crippen molar-refractivity contribution in [3.63, 3.8) is 0 Å². The zero-order chi connectivity index (χ0) is 27.5. The minimum absolute atomic E-state index is 0.0648. The van der Waals surface area contributed by atoms with Crippen molar-refractivity contribution < 1.29 is 26.7 Å². The largest absolute Gasteiger partial charge is 0.416 e. The number of rotatable bonds is 6. The Morgan fingerprint density at radius 1 is 0.816 bits per heavy atom. The molecule has 2 amide bonds. The Kier molecular flexibility index (Phi) is 7.89. The molecule has 2 N–H and O–H groups in total. The van der Waals surface area contributed by atoms with Crippen molar-refractivity contribution in [3.05, 3.63) is 129 Å². The first-order valence-corrected chi connectivity index (χ1v) is 11.8. The third kappa shape index (κ3) is 6.41. The van der Waals surface area contributed by atoms with Crippen LogP contribution in [0.25, 0.3) is 0 Å². The maximum absolute atomic E-state index is 14.7. The van der Waals surface area contributed by atoms with E-state index in [9.17, 15) is 26.7 Å². The molecular formula is C27H18Cl2F5N3O. The number of halogens is 7. The van der Waals surface area contributed by atoms with E-state index in [1.807, 2.05) is 0 Å². The van der Waals surface area contributed by atoms with E-state index in [-0.39, 0.29) is 28.4 Å². The molecule has 0 aliphatic rings. The highest BCUT2D eigenvalue weighted by atomic mass is 35.5. The maximum Gasteiger partial charge on any atom is 0.416 e. The SMILES string of the molecule is O=C(Nc1cccc(F)c1)N[C@@](Cc1cccc(Cl)c1)(c1cc(F)cc(C(F)(F)F)c1)c1ccc(Cl)cn1. The summed E-state index contributed by atoms with van der Waals surface area (Å²) < 4.78 is 69.5. The first-order chi connectivity index (χ1) is 17.9. The van der Waals surface area contributed by atoms with Gasteiger partial charge in [0.1, 0.15) is 17.2 Å². The molecule has 1 atom stereocenters. The Balaban J connectivity index is 1.92. The maximum atomic E-state index is 14.7. The van der Waals surface area contributed by atoms with Crippen molar-refractivity contribution in [2.45, 2.75) is 18.1 Å². The van der Waals surface area contributed by atoms with Crippen LogP contribution in [0.5, 0.6) is 0 Å². The Hall–Kier alpha value is -3.69. The molecule has 4 nitrogen and oxygen atoms in total. The molecule has 0 aliphatic heterocycles. The third-order valence-corrected chi connectivity index (χ3v) is 6.11. The fraction of sp³-hybridized carbons (Fsp3) is 0.111. The number of carbonyl (C=O) groups is 1. The van der Waals surface area contributed by atoms with Crippen molar-refractivity contribution in [1.29, 1.82) is 0 Å². The lowest BCUT2D eigenvalue weighted by molar-refractivity contribution is -0.137. The van der Waals surface area contributed by atoms with Gasteiger partial charge in [0.25, 0.3) is 0 Å². The van der Waals surface area contributed by atoms with E-state index in [1.165, 1.54) is 36.5 Å². The van der Waals surface area contributed by atoms with Gasteiger partial charge in [-0.25, -0.2) is 13.6 Å². The number of urea groups is 1. The van der Waals surface area contributed by atoms with Gasteiger partial charge in [-0.1, -0.05) is 41.4 Å². The highest BCUT2D eigenvalue weighted by Crippen LogP contribution is 2.38. The van der Waals surface area contributed by atoms with Gasteiger partial charge in [0.05, 0.1) is 16.3 Å². The number of hydrogen-bond donors (Lipinski definition) is 2. The summed E-state index contributed by atoms with van der Waals surface area (Å²) in [5.41, 5.74) is -2.71. The van der Waals surface area contributed by atoms with Crippen molar-refractivity contribution in [2.75, 3.05) is 5.32 Å². The van der Waals surface area contributed by atoms with Crippen molar-refractivity contribution in [1.82, 2.24) is 10.3 Å². The molecule has 0 aliphatic carbocycles. The number of anilines is 1. The van der Waals surface area contributed by atoms with Gasteiger partial charge in [-0.15, -0.1) is 0 Å². The summed E-state index contributed by atoms with van der Waals surface area (Å²) in [4.78, 5) is 17.5. The highest BCUT2D eigenvalue weighted by Gasteiger charge is 2.41. The van der Waals surface area contributed by atoms with Crippen LogP contribution in [0, 0.1) is 11.6 Å². The lowest BCUT2D eigenvalue weighted by Gasteiger charge is -2.36. The molecule has 4 aromatic rings. The average molecular weight is 566 g/mol. The predicted octanol–water partition coefficient (Wildman–Crippen LogP) is 7.99. The van der Waals surface area contributed by atoms with Crippen LogP contribution in [0.3, 0.4) is 0 Å². The molecular weight excluding hydrogens is 548 g/mol. The van der Waals surface area contributed by atoms with E-state index in [0.29, 0.717) is 16.7 Å². The van der Waals surface area contributed by atoms with Crippen LogP contribution < -0.4 is 10.6 Å². The molecule has 0 fully saturated rings. The van der Waals surface area contributed by atoms with Crippen molar-refractivity contribution >= 4 is 34.9 Å². The summed E-state index contributed by atoms with van der Waals surface area (Å²) in [5.74, 6) is -1.79. The Morgan fingerprint density at radius 2 is 1.55 bits per heavy atom. The molecule has 0 unspecified atom stereocenters. The second kappa shape index (κ2) is 11.0. The van der Waals surface area contributed by atoms with E-state index in [1.54, 1.807) is 24.3 Å². The predicted molar refractivity (Wildman–Crippen MR) is 135 cm³/mol. The van der Waals surface area contributed by atoms with Crippen LogP contribution in [-0.4, -0.2) is 11.0 Å². The van der Waals surface area contributed by atoms with Crippen LogP contribution >= 0.6 is 23.2 Å². The monoisotopic (exact) mass is 565 g/mol. The molecule has 11 heteroatoms. The zero-order valence-corrected chi connectivity index (χ0v) is 20.8. The first kappa shape index (κ1) is 27.3. The van der Waals surface area contributed by atoms with Gasteiger partial charge in [-0.3, -0.25) is 4.98 Å².